The second-order valence-electron chi connectivity index (χ2n) is 4.32. The van der Waals surface area contributed by atoms with Gasteiger partial charge < -0.3 is 4.98 Å². The van der Waals surface area contributed by atoms with Crippen molar-refractivity contribution in [3.63, 3.8) is 0 Å². The van der Waals surface area contributed by atoms with E-state index >= 15 is 0 Å². The van der Waals surface area contributed by atoms with Gasteiger partial charge in [0.1, 0.15) is 5.82 Å². The average Bonchev–Trinajstić information content (AvgIpc) is 2.32. The molecule has 0 atom stereocenters. The van der Waals surface area contributed by atoms with Crippen molar-refractivity contribution in [1.29, 1.82) is 0 Å². The predicted octanol–water partition coefficient (Wildman–Crippen LogP) is 3.38. The van der Waals surface area contributed by atoms with E-state index in [0.29, 0.717) is 11.4 Å². The summed E-state index contributed by atoms with van der Waals surface area (Å²) in [5.74, 6) is 0.620. The van der Waals surface area contributed by atoms with Gasteiger partial charge in [-0.3, -0.25) is 4.79 Å². The topological polar surface area (TPSA) is 45.8 Å². The van der Waals surface area contributed by atoms with E-state index in [4.69, 9.17) is 0 Å². The van der Waals surface area contributed by atoms with Crippen LogP contribution in [0.5, 0.6) is 0 Å². The number of aromatic amines is 1. The highest BCUT2D eigenvalue weighted by Gasteiger charge is 2.10. The lowest BCUT2D eigenvalue weighted by atomic mass is 10.1. The molecule has 4 heteroatoms. The van der Waals surface area contributed by atoms with Crippen LogP contribution in [0.4, 0.5) is 0 Å². The molecule has 0 aliphatic heterocycles. The number of nitrogens with zero attached hydrogens (tertiary/aromatic N) is 1. The molecule has 1 N–H and O–H groups in total. The Balaban J connectivity index is 2.64. The van der Waals surface area contributed by atoms with Crippen LogP contribution >= 0.6 is 15.9 Å². The minimum atomic E-state index is -0.0654. The van der Waals surface area contributed by atoms with E-state index in [2.05, 4.69) is 25.9 Å². The number of halogens is 1. The highest BCUT2D eigenvalue weighted by Crippen LogP contribution is 2.26. The minimum absolute atomic E-state index is 0.0654. The molecule has 0 saturated heterocycles. The van der Waals surface area contributed by atoms with E-state index in [-0.39, 0.29) is 5.56 Å². The summed E-state index contributed by atoms with van der Waals surface area (Å²) in [5.41, 5.74) is 3.55. The third-order valence-electron chi connectivity index (χ3n) is 2.97. The lowest BCUT2D eigenvalue weighted by Gasteiger charge is -2.08. The molecule has 0 spiro atoms. The Labute approximate surface area is 114 Å². The Bertz CT molecular complexity index is 647. The highest BCUT2D eigenvalue weighted by molar-refractivity contribution is 9.10. The molecule has 1 aromatic carbocycles. The SMILES string of the molecule is CCc1nc(-c2ccc(C)cc2Br)[nH]c(=O)c1C. The molecule has 0 amide bonds. The molecule has 94 valence electrons. The third kappa shape index (κ3) is 2.38. The fourth-order valence-corrected chi connectivity index (χ4v) is 2.54. The van der Waals surface area contributed by atoms with Crippen molar-refractivity contribution in [2.75, 3.05) is 0 Å². The van der Waals surface area contributed by atoms with Gasteiger partial charge in [0.25, 0.3) is 5.56 Å². The first-order valence-corrected chi connectivity index (χ1v) is 6.68. The molecule has 0 unspecified atom stereocenters. The molecule has 1 aromatic heterocycles. The Morgan fingerprint density at radius 3 is 2.67 bits per heavy atom. The molecule has 0 aliphatic rings. The average molecular weight is 307 g/mol. The van der Waals surface area contributed by atoms with Crippen LogP contribution in [0.2, 0.25) is 0 Å². The number of aromatic nitrogens is 2. The summed E-state index contributed by atoms with van der Waals surface area (Å²) in [6.45, 7) is 5.83. The number of hydrogen-bond donors (Lipinski definition) is 1. The maximum Gasteiger partial charge on any atom is 0.254 e. The van der Waals surface area contributed by atoms with Gasteiger partial charge in [0.05, 0.1) is 5.69 Å². The van der Waals surface area contributed by atoms with Crippen molar-refractivity contribution < 1.29 is 0 Å². The molecule has 2 aromatic rings. The van der Waals surface area contributed by atoms with Crippen molar-refractivity contribution in [1.82, 2.24) is 9.97 Å². The second-order valence-corrected chi connectivity index (χ2v) is 5.18. The van der Waals surface area contributed by atoms with E-state index in [9.17, 15) is 4.79 Å². The molecule has 0 aliphatic carbocycles. The molecule has 0 bridgehead atoms. The van der Waals surface area contributed by atoms with Gasteiger partial charge in [-0.05, 0) is 38.0 Å². The van der Waals surface area contributed by atoms with Gasteiger partial charge in [0, 0.05) is 15.6 Å². The summed E-state index contributed by atoms with van der Waals surface area (Å²) in [6.07, 6.45) is 0.756. The highest BCUT2D eigenvalue weighted by atomic mass is 79.9. The second kappa shape index (κ2) is 5.06. The van der Waals surface area contributed by atoms with Crippen LogP contribution in [0.15, 0.2) is 27.5 Å². The van der Waals surface area contributed by atoms with Gasteiger partial charge in [0.2, 0.25) is 0 Å². The van der Waals surface area contributed by atoms with Gasteiger partial charge in [-0.2, -0.15) is 0 Å². The zero-order valence-corrected chi connectivity index (χ0v) is 12.3. The van der Waals surface area contributed by atoms with E-state index in [0.717, 1.165) is 27.7 Å². The summed E-state index contributed by atoms with van der Waals surface area (Å²) in [6, 6.07) is 5.98. The van der Waals surface area contributed by atoms with Crippen LogP contribution in [0.1, 0.15) is 23.7 Å². The van der Waals surface area contributed by atoms with Gasteiger partial charge in [-0.15, -0.1) is 0 Å². The van der Waals surface area contributed by atoms with Gasteiger partial charge in [-0.1, -0.05) is 28.9 Å². The smallest absolute Gasteiger partial charge is 0.254 e. The summed E-state index contributed by atoms with van der Waals surface area (Å²) in [7, 11) is 0. The van der Waals surface area contributed by atoms with Crippen molar-refractivity contribution in [2.24, 2.45) is 0 Å². The Morgan fingerprint density at radius 2 is 2.06 bits per heavy atom. The maximum absolute atomic E-state index is 11.9. The molecule has 3 nitrogen and oxygen atoms in total. The summed E-state index contributed by atoms with van der Waals surface area (Å²) < 4.78 is 0.941. The predicted molar refractivity (Wildman–Crippen MR) is 76.8 cm³/mol. The van der Waals surface area contributed by atoms with Crippen molar-refractivity contribution in [2.45, 2.75) is 27.2 Å². The molecule has 1 heterocycles. The molecule has 0 saturated carbocycles. The van der Waals surface area contributed by atoms with Gasteiger partial charge >= 0.3 is 0 Å². The Hall–Kier alpha value is -1.42. The summed E-state index contributed by atoms with van der Waals surface area (Å²) in [5, 5.41) is 0. The van der Waals surface area contributed by atoms with Crippen LogP contribution in [-0.2, 0) is 6.42 Å². The normalized spacial score (nSPS) is 10.7. The monoisotopic (exact) mass is 306 g/mol. The quantitative estimate of drug-likeness (QED) is 0.924. The molecule has 18 heavy (non-hydrogen) atoms. The fraction of sp³-hybridized carbons (Fsp3) is 0.286. The number of nitrogens with one attached hydrogen (secondary N) is 1. The number of H-pyrrole nitrogens is 1. The zero-order chi connectivity index (χ0) is 13.3. The first-order chi connectivity index (χ1) is 8.52. The first kappa shape index (κ1) is 13.0. The van der Waals surface area contributed by atoms with Crippen LogP contribution in [0, 0.1) is 13.8 Å². The summed E-state index contributed by atoms with van der Waals surface area (Å²) in [4.78, 5) is 19.2. The molecule has 0 radical (unpaired) electrons. The standard InChI is InChI=1S/C14H15BrN2O/c1-4-12-9(3)14(18)17-13(16-12)10-6-5-8(2)7-11(10)15/h5-7H,4H2,1-3H3,(H,16,17,18). The number of benzene rings is 1. The lowest BCUT2D eigenvalue weighted by Crippen LogP contribution is -2.15. The maximum atomic E-state index is 11.9. The lowest BCUT2D eigenvalue weighted by molar-refractivity contribution is 0.954. The van der Waals surface area contributed by atoms with Crippen LogP contribution in [0.3, 0.4) is 0 Å². The van der Waals surface area contributed by atoms with Crippen molar-refractivity contribution >= 4 is 15.9 Å². The van der Waals surface area contributed by atoms with Crippen LogP contribution in [-0.4, -0.2) is 9.97 Å². The van der Waals surface area contributed by atoms with Crippen LogP contribution < -0.4 is 5.56 Å². The Kier molecular flexibility index (Phi) is 3.66. The molecular formula is C14H15BrN2O. The molecule has 2 rings (SSSR count). The largest absolute Gasteiger partial charge is 0.306 e. The third-order valence-corrected chi connectivity index (χ3v) is 3.62. The van der Waals surface area contributed by atoms with Gasteiger partial charge in [0.15, 0.2) is 0 Å². The number of aryl methyl sites for hydroxylation is 2. The van der Waals surface area contributed by atoms with Gasteiger partial charge in [-0.25, -0.2) is 4.98 Å². The number of hydrogen-bond acceptors (Lipinski definition) is 2. The van der Waals surface area contributed by atoms with Crippen LogP contribution in [0.25, 0.3) is 11.4 Å². The van der Waals surface area contributed by atoms with E-state index < -0.39 is 0 Å². The van der Waals surface area contributed by atoms with Crippen molar-refractivity contribution in [3.8, 4) is 11.4 Å². The molecule has 0 fully saturated rings. The fourth-order valence-electron chi connectivity index (χ4n) is 1.86. The van der Waals surface area contributed by atoms with E-state index in [1.165, 1.54) is 0 Å². The summed E-state index contributed by atoms with van der Waals surface area (Å²) >= 11 is 3.51. The van der Waals surface area contributed by atoms with E-state index in [1.807, 2.05) is 32.0 Å². The van der Waals surface area contributed by atoms with Crippen molar-refractivity contribution in [3.05, 3.63) is 49.8 Å². The van der Waals surface area contributed by atoms with E-state index in [1.54, 1.807) is 6.92 Å². The Morgan fingerprint density at radius 1 is 1.33 bits per heavy atom. The number of rotatable bonds is 2. The minimum Gasteiger partial charge on any atom is -0.306 e. The zero-order valence-electron chi connectivity index (χ0n) is 10.7. The first-order valence-electron chi connectivity index (χ1n) is 5.89. The molecular weight excluding hydrogens is 292 g/mol.